The van der Waals surface area contributed by atoms with Gasteiger partial charge in [-0.2, -0.15) is 0 Å². The van der Waals surface area contributed by atoms with Crippen molar-refractivity contribution in [1.29, 1.82) is 0 Å². The van der Waals surface area contributed by atoms with E-state index in [1.165, 1.54) is 14.2 Å². The van der Waals surface area contributed by atoms with Crippen LogP contribution < -0.4 is 10.6 Å². The number of aliphatic imine (C=N–C) groups is 3. The predicted octanol–water partition coefficient (Wildman–Crippen LogP) is 5.52. The Morgan fingerprint density at radius 3 is 1.98 bits per heavy atom. The molecule has 0 atom stereocenters. The Balaban J connectivity index is 1.79. The molecule has 0 amide bonds. The van der Waals surface area contributed by atoms with Crippen LogP contribution in [0.4, 0.5) is 0 Å². The minimum atomic E-state index is -0.302. The highest BCUT2D eigenvalue weighted by Crippen LogP contribution is 2.37. The Kier molecular flexibility index (Phi) is 8.92. The molecule has 4 aliphatic heterocycles. The van der Waals surface area contributed by atoms with Crippen molar-refractivity contribution in [3.63, 3.8) is 0 Å². The number of methoxy groups -OCH3 is 2. The number of ether oxygens (including phenoxy) is 2. The number of aromatic nitrogens is 1. The molecular weight excluding hydrogens is 671 g/mol. The summed E-state index contributed by atoms with van der Waals surface area (Å²) in [5.41, 5.74) is 11.0. The number of allylic oxidation sites excluding steroid dienone is 8. The second-order valence-electron chi connectivity index (χ2n) is 11.1. The van der Waals surface area contributed by atoms with Crippen LogP contribution in [-0.2, 0) is 19.1 Å². The van der Waals surface area contributed by atoms with Crippen molar-refractivity contribution in [3.8, 4) is 0 Å². The number of hydrogen-bond donors (Lipinski definition) is 2. The number of aliphatic hydroxyl groups is 1. The third kappa shape index (κ3) is 5.87. The first kappa shape index (κ1) is 31.4. The number of carbonyl (C=O) groups is 2. The number of esters is 2. The van der Waals surface area contributed by atoms with Gasteiger partial charge in [-0.05, 0) is 128 Å². The highest BCUT2D eigenvalue weighted by Gasteiger charge is 2.27. The molecule has 0 fully saturated rings. The van der Waals surface area contributed by atoms with E-state index in [1.54, 1.807) is 6.92 Å². The van der Waals surface area contributed by atoms with E-state index in [4.69, 9.17) is 24.5 Å². The minimum Gasteiger partial charge on any atom is -0.512 e. The fraction of sp³-hybridized carbons (Fsp3) is 0.324. The zero-order valence-corrected chi connectivity index (χ0v) is 28.1. The average molecular weight is 707 g/mol. The summed E-state index contributed by atoms with van der Waals surface area (Å²) < 4.78 is 10.9. The predicted molar refractivity (Wildman–Crippen MR) is 182 cm³/mol. The van der Waals surface area contributed by atoms with Crippen LogP contribution in [0, 0.1) is 6.92 Å². The maximum absolute atomic E-state index is 12.1. The Morgan fingerprint density at radius 1 is 0.773 bits per heavy atom. The molecular formula is C34H35IN4O5. The van der Waals surface area contributed by atoms with E-state index in [2.05, 4.69) is 27.6 Å². The van der Waals surface area contributed by atoms with Gasteiger partial charge in [-0.3, -0.25) is 9.59 Å². The van der Waals surface area contributed by atoms with Crippen LogP contribution in [0.3, 0.4) is 0 Å². The van der Waals surface area contributed by atoms with Gasteiger partial charge < -0.3 is 19.6 Å². The summed E-state index contributed by atoms with van der Waals surface area (Å²) in [6.07, 6.45) is 9.17. The largest absolute Gasteiger partial charge is 0.512 e. The fourth-order valence-electron chi connectivity index (χ4n) is 5.76. The van der Waals surface area contributed by atoms with Crippen molar-refractivity contribution >= 4 is 69.6 Å². The SMILES string of the molecule is COC(=O)CCC1=C(C)C2=NC1=CC1=NC(=Cc3[nH]c(/c(=C(\C)O)c3C)=CC3=NC(=C2)C(I)=C3C)C(C)=C1CCC(=O)OC. The van der Waals surface area contributed by atoms with E-state index in [9.17, 15) is 14.7 Å². The van der Waals surface area contributed by atoms with Gasteiger partial charge in [0.2, 0.25) is 0 Å². The topological polar surface area (TPSA) is 126 Å². The monoisotopic (exact) mass is 706 g/mol. The van der Waals surface area contributed by atoms with Crippen LogP contribution in [0.25, 0.3) is 17.9 Å². The number of H-pyrrole nitrogens is 1. The van der Waals surface area contributed by atoms with Gasteiger partial charge in [-0.1, -0.05) is 0 Å². The Hall–Kier alpha value is -4.06. The van der Waals surface area contributed by atoms with Crippen molar-refractivity contribution in [2.75, 3.05) is 14.2 Å². The zero-order chi connectivity index (χ0) is 31.9. The quantitative estimate of drug-likeness (QED) is 0.298. The summed E-state index contributed by atoms with van der Waals surface area (Å²) in [6, 6.07) is 0. The first-order chi connectivity index (χ1) is 20.9. The smallest absolute Gasteiger partial charge is 0.305 e. The molecule has 1 aromatic rings. The van der Waals surface area contributed by atoms with Gasteiger partial charge in [0.1, 0.15) is 0 Å². The second kappa shape index (κ2) is 12.5. The maximum Gasteiger partial charge on any atom is 0.305 e. The fourth-order valence-corrected chi connectivity index (χ4v) is 6.31. The zero-order valence-electron chi connectivity index (χ0n) is 25.9. The maximum atomic E-state index is 12.1. The van der Waals surface area contributed by atoms with E-state index in [0.29, 0.717) is 24.3 Å². The first-order valence-electron chi connectivity index (χ1n) is 14.4. The molecule has 8 bridgehead atoms. The van der Waals surface area contributed by atoms with Crippen LogP contribution in [-0.4, -0.2) is 53.4 Å². The minimum absolute atomic E-state index is 0.205. The molecule has 0 unspecified atom stereocenters. The van der Waals surface area contributed by atoms with Gasteiger partial charge in [0.05, 0.1) is 59.6 Å². The lowest BCUT2D eigenvalue weighted by Gasteiger charge is -2.08. The van der Waals surface area contributed by atoms with Crippen molar-refractivity contribution in [2.24, 2.45) is 15.0 Å². The van der Waals surface area contributed by atoms with Gasteiger partial charge >= 0.3 is 11.9 Å². The van der Waals surface area contributed by atoms with Crippen LogP contribution in [0.1, 0.15) is 64.6 Å². The van der Waals surface area contributed by atoms with Crippen LogP contribution in [0.5, 0.6) is 0 Å². The molecule has 0 radical (unpaired) electrons. The van der Waals surface area contributed by atoms with E-state index < -0.39 is 0 Å². The Bertz CT molecular complexity index is 1920. The van der Waals surface area contributed by atoms with E-state index in [-0.39, 0.29) is 30.5 Å². The molecule has 2 N–H and O–H groups in total. The normalized spacial score (nSPS) is 18.4. The Labute approximate surface area is 269 Å². The number of nitrogens with one attached hydrogen (secondary N) is 1. The van der Waals surface area contributed by atoms with Gasteiger partial charge in [0, 0.05) is 27.3 Å². The van der Waals surface area contributed by atoms with Crippen molar-refractivity contribution in [1.82, 2.24) is 4.98 Å². The number of nitrogens with zero attached hydrogens (tertiary/aromatic N) is 3. The number of halogens is 1. The number of aliphatic hydroxyl groups excluding tert-OH is 1. The molecule has 0 saturated carbocycles. The summed E-state index contributed by atoms with van der Waals surface area (Å²) in [5, 5.41) is 12.2. The van der Waals surface area contributed by atoms with E-state index in [0.717, 1.165) is 76.1 Å². The lowest BCUT2D eigenvalue weighted by molar-refractivity contribution is -0.141. The number of carbonyl (C=O) groups excluding carboxylic acids is 2. The summed E-state index contributed by atoms with van der Waals surface area (Å²) in [6.45, 7) is 9.67. The molecule has 4 aliphatic rings. The standard InChI is InChI=1S/C34H35IN4O5/c1-16-21(8-10-31(41)43-6)27-15-28-22(9-11-32(42)44-7)17(2)24(37-28)14-30-34(35)19(4)26(39-30)13-29-33(20(5)40)18(3)25(38-29)12-23(16)36-27/h12-15,38,40H,8-11H2,1-7H3/b23-12?,28-15?,29-13?,30-14?,33-20+. The van der Waals surface area contributed by atoms with Crippen molar-refractivity contribution in [2.45, 2.75) is 60.3 Å². The van der Waals surface area contributed by atoms with Gasteiger partial charge in [0.25, 0.3) is 0 Å². The highest BCUT2D eigenvalue weighted by atomic mass is 127. The molecule has 5 rings (SSSR count). The number of hydrogen-bond acceptors (Lipinski definition) is 8. The molecule has 10 heteroatoms. The molecule has 228 valence electrons. The van der Waals surface area contributed by atoms with Gasteiger partial charge in [-0.25, -0.2) is 15.0 Å². The van der Waals surface area contributed by atoms with E-state index >= 15 is 0 Å². The lowest BCUT2D eigenvalue weighted by Crippen LogP contribution is -2.27. The van der Waals surface area contributed by atoms with Crippen LogP contribution >= 0.6 is 22.6 Å². The van der Waals surface area contributed by atoms with Crippen molar-refractivity contribution in [3.05, 3.63) is 82.5 Å². The summed E-state index contributed by atoms with van der Waals surface area (Å²) in [7, 11) is 2.77. The number of fused-ring (bicyclic) bond motifs is 5. The number of aromatic amines is 1. The van der Waals surface area contributed by atoms with Gasteiger partial charge in [0.15, 0.2) is 0 Å². The van der Waals surface area contributed by atoms with E-state index in [1.807, 2.05) is 52.0 Å². The molecule has 9 nitrogen and oxygen atoms in total. The molecule has 0 spiro atoms. The molecule has 0 saturated heterocycles. The van der Waals surface area contributed by atoms with Crippen LogP contribution in [0.15, 0.2) is 75.7 Å². The molecule has 44 heavy (non-hydrogen) atoms. The third-order valence-corrected chi connectivity index (χ3v) is 9.72. The molecule has 0 aromatic carbocycles. The molecule has 0 aliphatic carbocycles. The Morgan fingerprint density at radius 2 is 1.34 bits per heavy atom. The number of rotatable bonds is 6. The van der Waals surface area contributed by atoms with Gasteiger partial charge in [-0.15, -0.1) is 0 Å². The van der Waals surface area contributed by atoms with Crippen LogP contribution in [0.2, 0.25) is 0 Å². The summed E-state index contributed by atoms with van der Waals surface area (Å²) in [4.78, 5) is 42.8. The average Bonchev–Trinajstić information content (AvgIpc) is 3.64. The van der Waals surface area contributed by atoms with Crippen molar-refractivity contribution < 1.29 is 24.2 Å². The first-order valence-corrected chi connectivity index (χ1v) is 15.4. The third-order valence-electron chi connectivity index (χ3n) is 8.36. The summed E-state index contributed by atoms with van der Waals surface area (Å²) >= 11 is 2.31. The summed E-state index contributed by atoms with van der Waals surface area (Å²) in [5.74, 6) is -0.392. The highest BCUT2D eigenvalue weighted by molar-refractivity contribution is 14.1. The lowest BCUT2D eigenvalue weighted by atomic mass is 9.96. The second-order valence-corrected chi connectivity index (χ2v) is 12.1. The molecule has 1 aromatic heterocycles. The molecule has 5 heterocycles.